The number of amides is 1. The highest BCUT2D eigenvalue weighted by atomic mass is 32.1. The lowest BCUT2D eigenvalue weighted by Crippen LogP contribution is -2.23. The number of carbonyl (C=O) groups excluding carboxylic acids is 1. The molecule has 0 aliphatic carbocycles. The van der Waals surface area contributed by atoms with Crippen molar-refractivity contribution in [3.8, 4) is 27.4 Å². The Balaban J connectivity index is 1.81. The normalized spacial score (nSPS) is 10.6. The Bertz CT molecular complexity index is 906. The lowest BCUT2D eigenvalue weighted by Gasteiger charge is -2.10. The van der Waals surface area contributed by atoms with Crippen molar-refractivity contribution in [1.29, 1.82) is 0 Å². The van der Waals surface area contributed by atoms with Crippen molar-refractivity contribution < 1.29 is 9.53 Å². The maximum absolute atomic E-state index is 12.3. The molecule has 0 aliphatic heterocycles. The molecule has 0 aliphatic rings. The Morgan fingerprint density at radius 2 is 1.89 bits per heavy atom. The molecule has 0 atom stereocenters. The number of aromatic nitrogens is 1. The number of unbranched alkanes of at least 4 members (excludes halogenated alkanes) is 2. The Kier molecular flexibility index (Phi) is 7.20. The van der Waals surface area contributed by atoms with E-state index in [0.29, 0.717) is 18.0 Å². The molecule has 0 spiro atoms. The van der Waals surface area contributed by atoms with E-state index in [2.05, 4.69) is 29.4 Å². The van der Waals surface area contributed by atoms with E-state index in [1.807, 2.05) is 49.5 Å². The summed E-state index contributed by atoms with van der Waals surface area (Å²) in [4.78, 5) is 18.6. The standard InChI is InChI=1S/C23H26N2O2S/c1-3-5-9-14-24-23(26)21-13-12-20(28-21)22-19(27-4-2)15-18(16-25-22)17-10-7-6-8-11-17/h6-8,10-13,15-16H,3-5,9,14H2,1-2H3,(H,24,26). The smallest absolute Gasteiger partial charge is 0.261 e. The number of hydrogen-bond donors (Lipinski definition) is 1. The van der Waals surface area contributed by atoms with Gasteiger partial charge in [-0.1, -0.05) is 50.1 Å². The highest BCUT2D eigenvalue weighted by Gasteiger charge is 2.15. The van der Waals surface area contributed by atoms with E-state index in [1.165, 1.54) is 11.3 Å². The van der Waals surface area contributed by atoms with Crippen LogP contribution >= 0.6 is 11.3 Å². The predicted molar refractivity (Wildman–Crippen MR) is 116 cm³/mol. The summed E-state index contributed by atoms with van der Waals surface area (Å²) in [6.07, 6.45) is 5.14. The quantitative estimate of drug-likeness (QED) is 0.467. The van der Waals surface area contributed by atoms with Crippen LogP contribution in [0.1, 0.15) is 42.8 Å². The Labute approximate surface area is 170 Å². The number of thiophene rings is 1. The molecule has 3 aromatic rings. The molecule has 4 nitrogen and oxygen atoms in total. The van der Waals surface area contributed by atoms with Crippen LogP contribution in [0.4, 0.5) is 0 Å². The minimum atomic E-state index is -0.0220. The second-order valence-corrected chi connectivity index (χ2v) is 7.58. The van der Waals surface area contributed by atoms with Crippen LogP contribution in [0.25, 0.3) is 21.7 Å². The van der Waals surface area contributed by atoms with E-state index < -0.39 is 0 Å². The van der Waals surface area contributed by atoms with E-state index in [-0.39, 0.29) is 5.91 Å². The number of rotatable bonds is 9. The lowest BCUT2D eigenvalue weighted by molar-refractivity contribution is 0.0957. The number of pyridine rings is 1. The SMILES string of the molecule is CCCCCNC(=O)c1ccc(-c2ncc(-c3ccccc3)cc2OCC)s1. The van der Waals surface area contributed by atoms with Crippen LogP contribution in [-0.4, -0.2) is 24.0 Å². The van der Waals surface area contributed by atoms with Crippen LogP contribution in [0.5, 0.6) is 5.75 Å². The van der Waals surface area contributed by atoms with Crippen molar-refractivity contribution in [3.63, 3.8) is 0 Å². The van der Waals surface area contributed by atoms with Gasteiger partial charge in [0.2, 0.25) is 0 Å². The fourth-order valence-corrected chi connectivity index (χ4v) is 3.86. The van der Waals surface area contributed by atoms with Crippen molar-refractivity contribution in [1.82, 2.24) is 10.3 Å². The molecule has 0 saturated heterocycles. The van der Waals surface area contributed by atoms with Gasteiger partial charge in [0.1, 0.15) is 11.4 Å². The molecular weight excluding hydrogens is 368 g/mol. The highest BCUT2D eigenvalue weighted by Crippen LogP contribution is 2.36. The molecule has 1 amide bonds. The number of ether oxygens (including phenoxy) is 1. The van der Waals surface area contributed by atoms with Gasteiger partial charge in [-0.05, 0) is 37.1 Å². The molecule has 2 heterocycles. The molecule has 146 valence electrons. The molecule has 28 heavy (non-hydrogen) atoms. The first kappa shape index (κ1) is 20.1. The second kappa shape index (κ2) is 10.0. The van der Waals surface area contributed by atoms with Crippen LogP contribution < -0.4 is 10.1 Å². The van der Waals surface area contributed by atoms with Crippen molar-refractivity contribution in [2.45, 2.75) is 33.1 Å². The molecule has 5 heteroatoms. The Morgan fingerprint density at radius 3 is 2.64 bits per heavy atom. The Hall–Kier alpha value is -2.66. The van der Waals surface area contributed by atoms with Crippen LogP contribution in [-0.2, 0) is 0 Å². The second-order valence-electron chi connectivity index (χ2n) is 6.50. The monoisotopic (exact) mass is 394 g/mol. The van der Waals surface area contributed by atoms with Gasteiger partial charge < -0.3 is 10.1 Å². The van der Waals surface area contributed by atoms with Crippen molar-refractivity contribution >= 4 is 17.2 Å². The van der Waals surface area contributed by atoms with E-state index in [4.69, 9.17) is 4.74 Å². The highest BCUT2D eigenvalue weighted by molar-refractivity contribution is 7.17. The first-order valence-electron chi connectivity index (χ1n) is 9.79. The maximum Gasteiger partial charge on any atom is 0.261 e. The fourth-order valence-electron chi connectivity index (χ4n) is 2.93. The molecule has 0 saturated carbocycles. The van der Waals surface area contributed by atoms with Gasteiger partial charge in [-0.3, -0.25) is 9.78 Å². The summed E-state index contributed by atoms with van der Waals surface area (Å²) in [5.41, 5.74) is 2.88. The predicted octanol–water partition coefficient (Wildman–Crippen LogP) is 5.80. The van der Waals surface area contributed by atoms with Gasteiger partial charge in [-0.25, -0.2) is 0 Å². The first-order valence-corrected chi connectivity index (χ1v) is 10.6. The molecule has 1 aromatic carbocycles. The van der Waals surface area contributed by atoms with E-state index in [9.17, 15) is 4.79 Å². The van der Waals surface area contributed by atoms with Gasteiger partial charge in [0.15, 0.2) is 0 Å². The largest absolute Gasteiger partial charge is 0.492 e. The zero-order valence-corrected chi connectivity index (χ0v) is 17.2. The maximum atomic E-state index is 12.3. The van der Waals surface area contributed by atoms with Gasteiger partial charge in [0, 0.05) is 18.3 Å². The third-order valence-electron chi connectivity index (χ3n) is 4.39. The summed E-state index contributed by atoms with van der Waals surface area (Å²) in [6, 6.07) is 15.9. The number of nitrogens with zero attached hydrogens (tertiary/aromatic N) is 1. The summed E-state index contributed by atoms with van der Waals surface area (Å²) in [5, 5.41) is 2.99. The molecule has 3 rings (SSSR count). The average Bonchev–Trinajstić information content (AvgIpc) is 3.22. The van der Waals surface area contributed by atoms with Crippen LogP contribution in [0.15, 0.2) is 54.7 Å². The summed E-state index contributed by atoms with van der Waals surface area (Å²) in [7, 11) is 0. The lowest BCUT2D eigenvalue weighted by atomic mass is 10.1. The van der Waals surface area contributed by atoms with Gasteiger partial charge >= 0.3 is 0 Å². The van der Waals surface area contributed by atoms with Crippen molar-refractivity contribution in [2.24, 2.45) is 0 Å². The van der Waals surface area contributed by atoms with Crippen molar-refractivity contribution in [3.05, 3.63) is 59.6 Å². The number of carbonyl (C=O) groups is 1. The molecule has 0 unspecified atom stereocenters. The molecule has 0 bridgehead atoms. The third-order valence-corrected chi connectivity index (χ3v) is 5.48. The zero-order valence-electron chi connectivity index (χ0n) is 16.4. The zero-order chi connectivity index (χ0) is 19.8. The van der Waals surface area contributed by atoms with E-state index in [1.54, 1.807) is 0 Å². The average molecular weight is 395 g/mol. The molecular formula is C23H26N2O2S. The minimum Gasteiger partial charge on any atom is -0.492 e. The fraction of sp³-hybridized carbons (Fsp3) is 0.304. The third kappa shape index (κ3) is 4.98. The first-order chi connectivity index (χ1) is 13.7. The summed E-state index contributed by atoms with van der Waals surface area (Å²) >= 11 is 1.45. The van der Waals surface area contributed by atoms with Crippen LogP contribution in [0.3, 0.4) is 0 Å². The molecule has 0 radical (unpaired) electrons. The number of nitrogens with one attached hydrogen (secondary N) is 1. The van der Waals surface area contributed by atoms with Gasteiger partial charge in [-0.15, -0.1) is 11.3 Å². The summed E-state index contributed by atoms with van der Waals surface area (Å²) < 4.78 is 5.86. The summed E-state index contributed by atoms with van der Waals surface area (Å²) in [6.45, 7) is 5.39. The van der Waals surface area contributed by atoms with E-state index >= 15 is 0 Å². The van der Waals surface area contributed by atoms with Crippen LogP contribution in [0, 0.1) is 0 Å². The molecule has 0 fully saturated rings. The number of hydrogen-bond acceptors (Lipinski definition) is 4. The van der Waals surface area contributed by atoms with E-state index in [0.717, 1.165) is 46.7 Å². The minimum absolute atomic E-state index is 0.0220. The van der Waals surface area contributed by atoms with Crippen LogP contribution in [0.2, 0.25) is 0 Å². The molecule has 2 aromatic heterocycles. The van der Waals surface area contributed by atoms with Crippen molar-refractivity contribution in [2.75, 3.05) is 13.2 Å². The van der Waals surface area contributed by atoms with Gasteiger partial charge in [0.05, 0.1) is 16.4 Å². The van der Waals surface area contributed by atoms with Gasteiger partial charge in [0.25, 0.3) is 5.91 Å². The van der Waals surface area contributed by atoms with Gasteiger partial charge in [-0.2, -0.15) is 0 Å². The Morgan fingerprint density at radius 1 is 1.07 bits per heavy atom. The topological polar surface area (TPSA) is 51.2 Å². The number of benzene rings is 1. The molecule has 1 N–H and O–H groups in total. The summed E-state index contributed by atoms with van der Waals surface area (Å²) in [5.74, 6) is 0.715.